The number of carbonyl (C=O) groups is 2. The summed E-state index contributed by atoms with van der Waals surface area (Å²) in [5.41, 5.74) is 0.637. The monoisotopic (exact) mass is 350 g/mol. The zero-order valence-corrected chi connectivity index (χ0v) is 13.5. The van der Waals surface area contributed by atoms with Gasteiger partial charge in [0, 0.05) is 12.6 Å². The molecule has 0 fully saturated rings. The number of methoxy groups -OCH3 is 1. The van der Waals surface area contributed by atoms with Crippen molar-refractivity contribution in [3.05, 3.63) is 53.6 Å². The van der Waals surface area contributed by atoms with E-state index >= 15 is 0 Å². The van der Waals surface area contributed by atoms with E-state index in [1.54, 1.807) is 24.3 Å². The first-order valence-corrected chi connectivity index (χ1v) is 7.21. The first-order valence-electron chi connectivity index (χ1n) is 7.21. The van der Waals surface area contributed by atoms with Crippen molar-refractivity contribution in [3.63, 3.8) is 0 Å². The molecule has 0 bridgehead atoms. The van der Waals surface area contributed by atoms with Crippen LogP contribution >= 0.6 is 0 Å². The summed E-state index contributed by atoms with van der Waals surface area (Å²) in [4.78, 5) is 24.2. The Morgan fingerprint density at radius 3 is 2.40 bits per heavy atom. The fraction of sp³-hybridized carbons (Fsp3) is 0.176. The van der Waals surface area contributed by atoms with Crippen molar-refractivity contribution >= 4 is 17.5 Å². The second-order valence-electron chi connectivity index (χ2n) is 4.82. The molecule has 0 atom stereocenters. The van der Waals surface area contributed by atoms with Gasteiger partial charge >= 0.3 is 6.61 Å². The molecule has 0 aliphatic heterocycles. The predicted molar refractivity (Wildman–Crippen MR) is 87.4 cm³/mol. The van der Waals surface area contributed by atoms with Crippen molar-refractivity contribution in [1.29, 1.82) is 0 Å². The van der Waals surface area contributed by atoms with Gasteiger partial charge in [0.1, 0.15) is 0 Å². The SMILES string of the molecule is CNC(=O)c1ccccc1NC(=O)c1ccc(OC)c(OC(F)F)c1. The number of anilines is 1. The third-order valence-corrected chi connectivity index (χ3v) is 3.29. The molecule has 0 aliphatic rings. The number of ether oxygens (including phenoxy) is 2. The minimum atomic E-state index is -3.05. The van der Waals surface area contributed by atoms with Crippen molar-refractivity contribution < 1.29 is 27.8 Å². The molecule has 0 unspecified atom stereocenters. The minimum absolute atomic E-state index is 0.0719. The number of alkyl halides is 2. The van der Waals surface area contributed by atoms with Crippen LogP contribution in [0.1, 0.15) is 20.7 Å². The van der Waals surface area contributed by atoms with Crippen LogP contribution in [0.3, 0.4) is 0 Å². The molecular formula is C17H16F2N2O4. The summed E-state index contributed by atoms with van der Waals surface area (Å²) in [5.74, 6) is -1.14. The van der Waals surface area contributed by atoms with Crippen molar-refractivity contribution in [2.24, 2.45) is 0 Å². The second kappa shape index (κ2) is 8.09. The Bertz CT molecular complexity index is 781. The number of carbonyl (C=O) groups excluding carboxylic acids is 2. The van der Waals surface area contributed by atoms with Gasteiger partial charge in [-0.25, -0.2) is 0 Å². The highest BCUT2D eigenvalue weighted by Gasteiger charge is 2.16. The highest BCUT2D eigenvalue weighted by molar-refractivity contribution is 6.09. The summed E-state index contributed by atoms with van der Waals surface area (Å²) in [6.45, 7) is -3.05. The molecular weight excluding hydrogens is 334 g/mol. The molecule has 6 nitrogen and oxygen atoms in total. The molecule has 2 rings (SSSR count). The van der Waals surface area contributed by atoms with Gasteiger partial charge in [0.05, 0.1) is 18.4 Å². The highest BCUT2D eigenvalue weighted by atomic mass is 19.3. The lowest BCUT2D eigenvalue weighted by Gasteiger charge is -2.13. The fourth-order valence-corrected chi connectivity index (χ4v) is 2.13. The van der Waals surface area contributed by atoms with Crippen LogP contribution in [0, 0.1) is 0 Å². The number of hydrogen-bond donors (Lipinski definition) is 2. The number of amides is 2. The number of halogens is 2. The van der Waals surface area contributed by atoms with E-state index in [2.05, 4.69) is 15.4 Å². The molecule has 0 aliphatic carbocycles. The molecule has 0 spiro atoms. The summed E-state index contributed by atoms with van der Waals surface area (Å²) >= 11 is 0. The maximum Gasteiger partial charge on any atom is 0.387 e. The van der Waals surface area contributed by atoms with E-state index in [9.17, 15) is 18.4 Å². The second-order valence-corrected chi connectivity index (χ2v) is 4.82. The van der Waals surface area contributed by atoms with E-state index in [1.165, 1.54) is 26.3 Å². The first-order chi connectivity index (χ1) is 12.0. The Hall–Kier alpha value is -3.16. The van der Waals surface area contributed by atoms with E-state index in [-0.39, 0.29) is 28.5 Å². The number of rotatable bonds is 6. The van der Waals surface area contributed by atoms with Crippen molar-refractivity contribution in [3.8, 4) is 11.5 Å². The molecule has 0 aromatic heterocycles. The number of para-hydroxylation sites is 1. The molecule has 0 heterocycles. The topological polar surface area (TPSA) is 76.7 Å². The van der Waals surface area contributed by atoms with Gasteiger partial charge in [-0.3, -0.25) is 9.59 Å². The lowest BCUT2D eigenvalue weighted by atomic mass is 10.1. The van der Waals surface area contributed by atoms with Gasteiger partial charge in [-0.15, -0.1) is 0 Å². The van der Waals surface area contributed by atoms with Crippen LogP contribution in [0.25, 0.3) is 0 Å². The Labute approximate surface area is 142 Å². The number of benzene rings is 2. The van der Waals surface area contributed by atoms with Gasteiger partial charge in [0.15, 0.2) is 11.5 Å². The Morgan fingerprint density at radius 1 is 1.04 bits per heavy atom. The molecule has 8 heteroatoms. The minimum Gasteiger partial charge on any atom is -0.493 e. The smallest absolute Gasteiger partial charge is 0.387 e. The summed E-state index contributed by atoms with van der Waals surface area (Å²) in [6, 6.07) is 10.3. The standard InChI is InChI=1S/C17H16F2N2O4/c1-20-16(23)11-5-3-4-6-12(11)21-15(22)10-7-8-13(24-2)14(9-10)25-17(18)19/h3-9,17H,1-2H3,(H,20,23)(H,21,22). The van der Waals surface area contributed by atoms with E-state index in [0.717, 1.165) is 6.07 Å². The zero-order valence-electron chi connectivity index (χ0n) is 13.5. The maximum atomic E-state index is 12.5. The Balaban J connectivity index is 2.29. The molecule has 0 saturated carbocycles. The van der Waals surface area contributed by atoms with E-state index in [4.69, 9.17) is 4.74 Å². The highest BCUT2D eigenvalue weighted by Crippen LogP contribution is 2.30. The van der Waals surface area contributed by atoms with E-state index in [0.29, 0.717) is 5.69 Å². The van der Waals surface area contributed by atoms with Crippen LogP contribution in [-0.2, 0) is 0 Å². The van der Waals surface area contributed by atoms with Crippen LogP contribution in [-0.4, -0.2) is 32.6 Å². The van der Waals surface area contributed by atoms with E-state index in [1.807, 2.05) is 0 Å². The Kier molecular flexibility index (Phi) is 5.89. The van der Waals surface area contributed by atoms with Crippen LogP contribution in [0.2, 0.25) is 0 Å². The quantitative estimate of drug-likeness (QED) is 0.840. The third kappa shape index (κ3) is 4.43. The lowest BCUT2D eigenvalue weighted by Crippen LogP contribution is -2.21. The van der Waals surface area contributed by atoms with Crippen molar-refractivity contribution in [2.45, 2.75) is 6.61 Å². The first kappa shape index (κ1) is 18.2. The fourth-order valence-electron chi connectivity index (χ4n) is 2.13. The molecule has 25 heavy (non-hydrogen) atoms. The number of nitrogens with one attached hydrogen (secondary N) is 2. The van der Waals surface area contributed by atoms with Gasteiger partial charge < -0.3 is 20.1 Å². The molecule has 2 aromatic carbocycles. The van der Waals surface area contributed by atoms with Gasteiger partial charge in [0.2, 0.25) is 0 Å². The normalized spacial score (nSPS) is 10.3. The molecule has 2 aromatic rings. The van der Waals surface area contributed by atoms with Gasteiger partial charge in [0.25, 0.3) is 11.8 Å². The molecule has 132 valence electrons. The average Bonchev–Trinajstić information content (AvgIpc) is 2.61. The summed E-state index contributed by atoms with van der Waals surface area (Å²) in [7, 11) is 2.77. The summed E-state index contributed by atoms with van der Waals surface area (Å²) in [6.07, 6.45) is 0. The maximum absolute atomic E-state index is 12.5. The Morgan fingerprint density at radius 2 is 1.76 bits per heavy atom. The molecule has 2 amide bonds. The van der Waals surface area contributed by atoms with E-state index < -0.39 is 12.5 Å². The third-order valence-electron chi connectivity index (χ3n) is 3.29. The number of hydrogen-bond acceptors (Lipinski definition) is 4. The molecule has 0 saturated heterocycles. The zero-order chi connectivity index (χ0) is 18.4. The summed E-state index contributed by atoms with van der Waals surface area (Å²) in [5, 5.41) is 5.05. The van der Waals surface area contributed by atoms with Crippen LogP contribution in [0.15, 0.2) is 42.5 Å². The summed E-state index contributed by atoms with van der Waals surface area (Å²) < 4.78 is 34.2. The molecule has 0 radical (unpaired) electrons. The van der Waals surface area contributed by atoms with Gasteiger partial charge in [-0.2, -0.15) is 8.78 Å². The van der Waals surface area contributed by atoms with Gasteiger partial charge in [-0.05, 0) is 30.3 Å². The van der Waals surface area contributed by atoms with Crippen LogP contribution in [0.5, 0.6) is 11.5 Å². The predicted octanol–water partition coefficient (Wildman–Crippen LogP) is 2.91. The average molecular weight is 350 g/mol. The van der Waals surface area contributed by atoms with Gasteiger partial charge in [-0.1, -0.05) is 12.1 Å². The van der Waals surface area contributed by atoms with Crippen molar-refractivity contribution in [2.75, 3.05) is 19.5 Å². The van der Waals surface area contributed by atoms with Crippen LogP contribution in [0.4, 0.5) is 14.5 Å². The van der Waals surface area contributed by atoms with Crippen LogP contribution < -0.4 is 20.1 Å². The largest absolute Gasteiger partial charge is 0.493 e. The molecule has 2 N–H and O–H groups in total. The van der Waals surface area contributed by atoms with Crippen molar-refractivity contribution in [1.82, 2.24) is 5.32 Å². The lowest BCUT2D eigenvalue weighted by molar-refractivity contribution is -0.0512.